The van der Waals surface area contributed by atoms with Crippen LogP contribution in [0, 0.1) is 0 Å². The smallest absolute Gasteiger partial charge is 0.354 e. The first kappa shape index (κ1) is 20.7. The Kier molecular flexibility index (Phi) is 6.54. The lowest BCUT2D eigenvalue weighted by Crippen LogP contribution is -2.38. The summed E-state index contributed by atoms with van der Waals surface area (Å²) in [5.74, 6) is -2.83. The van der Waals surface area contributed by atoms with E-state index in [0.29, 0.717) is 6.42 Å². The molecule has 0 fully saturated rings. The zero-order valence-electron chi connectivity index (χ0n) is 16.0. The molecule has 0 aliphatic rings. The number of pyridine rings is 1. The van der Waals surface area contributed by atoms with Crippen molar-refractivity contribution in [3.63, 3.8) is 0 Å². The molecule has 1 unspecified atom stereocenters. The number of rotatable bonds is 8. The molecule has 0 bridgehead atoms. The fourth-order valence-electron chi connectivity index (χ4n) is 3.09. The minimum absolute atomic E-state index is 0.109. The number of nitrogens with one attached hydrogen (secondary N) is 1. The maximum absolute atomic E-state index is 12.5. The van der Waals surface area contributed by atoms with Crippen molar-refractivity contribution in [2.75, 3.05) is 0 Å². The molecule has 1 amide bonds. The van der Waals surface area contributed by atoms with Gasteiger partial charge in [-0.2, -0.15) is 0 Å². The zero-order valence-corrected chi connectivity index (χ0v) is 16.0. The van der Waals surface area contributed by atoms with Crippen molar-refractivity contribution in [2.24, 2.45) is 0 Å². The van der Waals surface area contributed by atoms with Crippen LogP contribution in [-0.2, 0) is 11.2 Å². The van der Waals surface area contributed by atoms with E-state index in [4.69, 9.17) is 5.11 Å². The molecule has 3 aromatic rings. The third-order valence-corrected chi connectivity index (χ3v) is 4.54. The SMILES string of the molecule is O=C(O)CC(Cc1ccc(-c2ccccc2)cc1)NC(=O)c1ccnc(C(=O)O)c1. The Morgan fingerprint density at radius 1 is 0.900 bits per heavy atom. The van der Waals surface area contributed by atoms with Crippen LogP contribution in [0.2, 0.25) is 0 Å². The monoisotopic (exact) mass is 404 g/mol. The Hall–Kier alpha value is -4.00. The number of carboxylic acid groups (broad SMARTS) is 2. The van der Waals surface area contributed by atoms with E-state index in [1.54, 1.807) is 0 Å². The van der Waals surface area contributed by atoms with Crippen molar-refractivity contribution in [1.82, 2.24) is 10.3 Å². The van der Waals surface area contributed by atoms with Crippen LogP contribution < -0.4 is 5.32 Å². The molecule has 0 radical (unpaired) electrons. The van der Waals surface area contributed by atoms with E-state index in [1.165, 1.54) is 12.3 Å². The Morgan fingerprint density at radius 2 is 1.57 bits per heavy atom. The highest BCUT2D eigenvalue weighted by Gasteiger charge is 2.19. The number of amides is 1. The second-order valence-corrected chi connectivity index (χ2v) is 6.77. The molecule has 3 N–H and O–H groups in total. The molecule has 0 aliphatic carbocycles. The highest BCUT2D eigenvalue weighted by atomic mass is 16.4. The van der Waals surface area contributed by atoms with E-state index in [0.717, 1.165) is 22.8 Å². The summed E-state index contributed by atoms with van der Waals surface area (Å²) in [6.07, 6.45) is 1.29. The first-order valence-electron chi connectivity index (χ1n) is 9.29. The lowest BCUT2D eigenvalue weighted by atomic mass is 9.99. The van der Waals surface area contributed by atoms with Gasteiger partial charge in [0.1, 0.15) is 5.69 Å². The molecule has 1 aromatic heterocycles. The second kappa shape index (κ2) is 9.47. The van der Waals surface area contributed by atoms with Crippen molar-refractivity contribution in [3.8, 4) is 11.1 Å². The predicted octanol–water partition coefficient (Wildman–Crippen LogP) is 3.26. The van der Waals surface area contributed by atoms with E-state index < -0.39 is 23.9 Å². The first-order chi connectivity index (χ1) is 14.4. The van der Waals surface area contributed by atoms with Gasteiger partial charge in [-0.15, -0.1) is 0 Å². The first-order valence-corrected chi connectivity index (χ1v) is 9.29. The van der Waals surface area contributed by atoms with Crippen LogP contribution in [0.15, 0.2) is 72.9 Å². The maximum Gasteiger partial charge on any atom is 0.354 e. The molecule has 1 heterocycles. The fourth-order valence-corrected chi connectivity index (χ4v) is 3.09. The zero-order chi connectivity index (χ0) is 21.5. The number of hydrogen-bond acceptors (Lipinski definition) is 4. The van der Waals surface area contributed by atoms with Gasteiger partial charge in [0, 0.05) is 17.8 Å². The quantitative estimate of drug-likeness (QED) is 0.531. The molecular weight excluding hydrogens is 384 g/mol. The van der Waals surface area contributed by atoms with E-state index in [9.17, 15) is 19.5 Å². The van der Waals surface area contributed by atoms with Crippen LogP contribution >= 0.6 is 0 Å². The second-order valence-electron chi connectivity index (χ2n) is 6.77. The highest BCUT2D eigenvalue weighted by molar-refractivity contribution is 5.97. The lowest BCUT2D eigenvalue weighted by Gasteiger charge is -2.17. The number of benzene rings is 2. The van der Waals surface area contributed by atoms with Crippen LogP contribution in [0.1, 0.15) is 32.8 Å². The van der Waals surface area contributed by atoms with Gasteiger partial charge in [-0.3, -0.25) is 9.59 Å². The molecule has 152 valence electrons. The van der Waals surface area contributed by atoms with Gasteiger partial charge in [0.05, 0.1) is 6.42 Å². The summed E-state index contributed by atoms with van der Waals surface area (Å²) in [6.45, 7) is 0. The molecule has 0 saturated carbocycles. The topological polar surface area (TPSA) is 117 Å². The number of carbonyl (C=O) groups is 3. The minimum atomic E-state index is -1.25. The molecule has 0 spiro atoms. The molecule has 1 atom stereocenters. The standard InChI is InChI=1S/C23H20N2O5/c26-21(27)14-19(25-22(28)18-10-11-24-20(13-18)23(29)30)12-15-6-8-17(9-7-15)16-4-2-1-3-5-16/h1-11,13,19H,12,14H2,(H,25,28)(H,26,27)(H,29,30). The molecule has 7 heteroatoms. The molecule has 2 aromatic carbocycles. The molecule has 3 rings (SSSR count). The predicted molar refractivity (Wildman–Crippen MR) is 110 cm³/mol. The summed E-state index contributed by atoms with van der Waals surface area (Å²) < 4.78 is 0. The van der Waals surface area contributed by atoms with Gasteiger partial charge in [0.15, 0.2) is 0 Å². The van der Waals surface area contributed by atoms with Crippen LogP contribution in [0.5, 0.6) is 0 Å². The van der Waals surface area contributed by atoms with Crippen LogP contribution in [0.25, 0.3) is 11.1 Å². The Morgan fingerprint density at radius 3 is 2.20 bits per heavy atom. The number of carboxylic acids is 2. The van der Waals surface area contributed by atoms with Crippen LogP contribution in [0.4, 0.5) is 0 Å². The summed E-state index contributed by atoms with van der Waals surface area (Å²) in [4.78, 5) is 38.5. The third kappa shape index (κ3) is 5.51. The van der Waals surface area contributed by atoms with Gasteiger partial charge in [0.2, 0.25) is 0 Å². The Labute approximate surface area is 173 Å². The largest absolute Gasteiger partial charge is 0.481 e. The van der Waals surface area contributed by atoms with Crippen LogP contribution in [-0.4, -0.2) is 39.1 Å². The van der Waals surface area contributed by atoms with Gasteiger partial charge < -0.3 is 15.5 Å². The highest BCUT2D eigenvalue weighted by Crippen LogP contribution is 2.20. The Balaban J connectivity index is 1.73. The van der Waals surface area contributed by atoms with Crippen LogP contribution in [0.3, 0.4) is 0 Å². The third-order valence-electron chi connectivity index (χ3n) is 4.54. The molecular formula is C23H20N2O5. The number of aromatic nitrogens is 1. The summed E-state index contributed by atoms with van der Waals surface area (Å²) in [5, 5.41) is 20.9. The van der Waals surface area contributed by atoms with E-state index in [2.05, 4.69) is 10.3 Å². The van der Waals surface area contributed by atoms with Crippen molar-refractivity contribution in [1.29, 1.82) is 0 Å². The number of aromatic carboxylic acids is 1. The van der Waals surface area contributed by atoms with Crippen molar-refractivity contribution in [2.45, 2.75) is 18.9 Å². The lowest BCUT2D eigenvalue weighted by molar-refractivity contribution is -0.137. The van der Waals surface area contributed by atoms with Gasteiger partial charge in [-0.1, -0.05) is 54.6 Å². The summed E-state index contributed by atoms with van der Waals surface area (Å²) >= 11 is 0. The fraction of sp³-hybridized carbons (Fsp3) is 0.130. The summed E-state index contributed by atoms with van der Waals surface area (Å²) in [7, 11) is 0. The van der Waals surface area contributed by atoms with Gasteiger partial charge in [0.25, 0.3) is 5.91 Å². The molecule has 0 aliphatic heterocycles. The Bertz CT molecular complexity index is 1050. The van der Waals surface area contributed by atoms with E-state index in [-0.39, 0.29) is 17.7 Å². The minimum Gasteiger partial charge on any atom is -0.481 e. The number of hydrogen-bond donors (Lipinski definition) is 3. The molecule has 0 saturated heterocycles. The van der Waals surface area contributed by atoms with Gasteiger partial charge in [-0.25, -0.2) is 9.78 Å². The number of aliphatic carboxylic acids is 1. The van der Waals surface area contributed by atoms with Crippen molar-refractivity contribution < 1.29 is 24.6 Å². The van der Waals surface area contributed by atoms with Gasteiger partial charge in [-0.05, 0) is 35.2 Å². The average Bonchev–Trinajstić information content (AvgIpc) is 2.74. The molecule has 7 nitrogen and oxygen atoms in total. The number of nitrogens with zero attached hydrogens (tertiary/aromatic N) is 1. The number of carbonyl (C=O) groups excluding carboxylic acids is 1. The summed E-state index contributed by atoms with van der Waals surface area (Å²) in [5.41, 5.74) is 2.84. The van der Waals surface area contributed by atoms with Crippen molar-refractivity contribution in [3.05, 3.63) is 89.7 Å². The molecule has 30 heavy (non-hydrogen) atoms. The van der Waals surface area contributed by atoms with E-state index in [1.807, 2.05) is 54.6 Å². The van der Waals surface area contributed by atoms with Gasteiger partial charge >= 0.3 is 11.9 Å². The summed E-state index contributed by atoms with van der Waals surface area (Å²) in [6, 6.07) is 19.4. The van der Waals surface area contributed by atoms with E-state index >= 15 is 0 Å². The maximum atomic E-state index is 12.5. The average molecular weight is 404 g/mol. The normalized spacial score (nSPS) is 11.5. The van der Waals surface area contributed by atoms with Crippen molar-refractivity contribution >= 4 is 17.8 Å².